The zero-order chi connectivity index (χ0) is 22.1. The van der Waals surface area contributed by atoms with E-state index in [0.717, 1.165) is 5.56 Å². The van der Waals surface area contributed by atoms with E-state index in [1.807, 2.05) is 44.2 Å². The second-order valence-corrected chi connectivity index (χ2v) is 9.26. The van der Waals surface area contributed by atoms with Crippen LogP contribution in [0.3, 0.4) is 0 Å². The predicted octanol–water partition coefficient (Wildman–Crippen LogP) is 2.59. The summed E-state index contributed by atoms with van der Waals surface area (Å²) in [6.07, 6.45) is -1.53. The number of fused-ring (bicyclic) bond motifs is 1. The first kappa shape index (κ1) is 22.5. The van der Waals surface area contributed by atoms with Gasteiger partial charge in [-0.25, -0.2) is 4.79 Å². The number of hydrogen-bond donors (Lipinski definition) is 1. The van der Waals surface area contributed by atoms with Gasteiger partial charge in [0, 0.05) is 6.42 Å². The van der Waals surface area contributed by atoms with Gasteiger partial charge in [-0.2, -0.15) is 0 Å². The lowest BCUT2D eigenvalue weighted by Gasteiger charge is -2.35. The Kier molecular flexibility index (Phi) is 6.40. The van der Waals surface area contributed by atoms with Crippen LogP contribution in [0, 0.1) is 0 Å². The Hall–Kier alpha value is -2.16. The zero-order valence-electron chi connectivity index (χ0n) is 18.3. The van der Waals surface area contributed by atoms with Gasteiger partial charge in [0.1, 0.15) is 17.8 Å². The van der Waals surface area contributed by atoms with Gasteiger partial charge in [-0.1, -0.05) is 30.3 Å². The Morgan fingerprint density at radius 1 is 1.10 bits per heavy atom. The molecule has 2 aliphatic rings. The average molecular weight is 421 g/mol. The van der Waals surface area contributed by atoms with Gasteiger partial charge in [0.25, 0.3) is 0 Å². The fraction of sp³-hybridized carbons (Fsp3) is 0.636. The molecule has 2 aliphatic heterocycles. The summed E-state index contributed by atoms with van der Waals surface area (Å²) >= 11 is 0. The maximum atomic E-state index is 13.1. The summed E-state index contributed by atoms with van der Waals surface area (Å²) in [7, 11) is 0. The number of rotatable bonds is 6. The van der Waals surface area contributed by atoms with E-state index >= 15 is 0 Å². The summed E-state index contributed by atoms with van der Waals surface area (Å²) in [5.74, 6) is -1.35. The minimum atomic E-state index is -0.830. The van der Waals surface area contributed by atoms with E-state index in [9.17, 15) is 9.59 Å². The van der Waals surface area contributed by atoms with Gasteiger partial charge in [0.05, 0.1) is 25.3 Å². The lowest BCUT2D eigenvalue weighted by molar-refractivity contribution is -0.170. The van der Waals surface area contributed by atoms with E-state index in [0.29, 0.717) is 6.61 Å². The first-order valence-corrected chi connectivity index (χ1v) is 10.2. The molecule has 8 heteroatoms. The Morgan fingerprint density at radius 3 is 2.27 bits per heavy atom. The number of ether oxygens (including phenoxy) is 4. The standard InChI is InChI=1S/C22H32N2O6/c1-21(2,3)30-20(26)24-15(11-17(23)25)18-19(29-22(4,5)28-18)16(24)13-27-12-14-9-7-6-8-10-14/h6-10,15-16,18-19H,11-13H2,1-5H3,(H2,23,25)/t15-,16+,18-,19+/m0/s1. The molecule has 0 aliphatic carbocycles. The Morgan fingerprint density at radius 2 is 1.70 bits per heavy atom. The van der Waals surface area contributed by atoms with E-state index in [1.165, 1.54) is 4.90 Å². The van der Waals surface area contributed by atoms with E-state index in [4.69, 9.17) is 24.7 Å². The van der Waals surface area contributed by atoms with Crippen LogP contribution in [0.5, 0.6) is 0 Å². The number of carbonyl (C=O) groups excluding carboxylic acids is 2. The number of benzene rings is 1. The highest BCUT2D eigenvalue weighted by Gasteiger charge is 2.60. The summed E-state index contributed by atoms with van der Waals surface area (Å²) in [4.78, 5) is 26.4. The molecule has 1 aromatic rings. The van der Waals surface area contributed by atoms with Gasteiger partial charge in [-0.05, 0) is 40.2 Å². The molecule has 0 aromatic heterocycles. The second kappa shape index (κ2) is 8.53. The Labute approximate surface area is 177 Å². The quantitative estimate of drug-likeness (QED) is 0.759. The van der Waals surface area contributed by atoms with Crippen LogP contribution in [0.25, 0.3) is 0 Å². The van der Waals surface area contributed by atoms with E-state index in [-0.39, 0.29) is 13.0 Å². The molecule has 2 amide bonds. The number of hydrogen-bond acceptors (Lipinski definition) is 6. The smallest absolute Gasteiger partial charge is 0.411 e. The van der Waals surface area contributed by atoms with Gasteiger partial charge in [-0.15, -0.1) is 0 Å². The maximum absolute atomic E-state index is 13.1. The van der Waals surface area contributed by atoms with E-state index in [1.54, 1.807) is 20.8 Å². The molecule has 2 fully saturated rings. The average Bonchev–Trinajstić information content (AvgIpc) is 3.06. The van der Waals surface area contributed by atoms with Crippen molar-refractivity contribution in [3.05, 3.63) is 35.9 Å². The molecule has 0 radical (unpaired) electrons. The minimum absolute atomic E-state index is 0.0466. The molecule has 166 valence electrons. The zero-order valence-corrected chi connectivity index (χ0v) is 18.3. The van der Waals surface area contributed by atoms with E-state index < -0.39 is 47.7 Å². The second-order valence-electron chi connectivity index (χ2n) is 9.26. The van der Waals surface area contributed by atoms with Crippen molar-refractivity contribution in [2.24, 2.45) is 5.73 Å². The van der Waals surface area contributed by atoms with Crippen molar-refractivity contribution in [1.29, 1.82) is 0 Å². The van der Waals surface area contributed by atoms with Crippen LogP contribution in [0.4, 0.5) is 4.79 Å². The first-order valence-electron chi connectivity index (χ1n) is 10.2. The van der Waals surface area contributed by atoms with Crippen molar-refractivity contribution < 1.29 is 28.5 Å². The number of primary amides is 1. The molecule has 1 aromatic carbocycles. The van der Waals surface area contributed by atoms with Crippen molar-refractivity contribution in [1.82, 2.24) is 4.90 Å². The summed E-state index contributed by atoms with van der Waals surface area (Å²) < 4.78 is 23.7. The maximum Gasteiger partial charge on any atom is 0.411 e. The lowest BCUT2D eigenvalue weighted by atomic mass is 10.1. The largest absolute Gasteiger partial charge is 0.444 e. The van der Waals surface area contributed by atoms with Crippen LogP contribution >= 0.6 is 0 Å². The molecule has 2 N–H and O–H groups in total. The molecular formula is C22H32N2O6. The fourth-order valence-corrected chi connectivity index (χ4v) is 4.03. The summed E-state index contributed by atoms with van der Waals surface area (Å²) in [6.45, 7) is 9.61. The fourth-order valence-electron chi connectivity index (χ4n) is 4.03. The highest BCUT2D eigenvalue weighted by atomic mass is 16.8. The molecule has 3 rings (SSSR count). The van der Waals surface area contributed by atoms with Crippen molar-refractivity contribution in [2.45, 2.75) is 83.3 Å². The van der Waals surface area contributed by atoms with Crippen molar-refractivity contribution in [3.8, 4) is 0 Å². The van der Waals surface area contributed by atoms with Crippen LogP contribution in [-0.4, -0.2) is 59.2 Å². The Bertz CT molecular complexity index is 761. The predicted molar refractivity (Wildman–Crippen MR) is 109 cm³/mol. The number of nitrogens with two attached hydrogens (primary N) is 1. The van der Waals surface area contributed by atoms with Crippen molar-refractivity contribution in [3.63, 3.8) is 0 Å². The first-order chi connectivity index (χ1) is 14.0. The molecular weight excluding hydrogens is 388 g/mol. The van der Waals surface area contributed by atoms with E-state index in [2.05, 4.69) is 0 Å². The summed E-state index contributed by atoms with van der Waals surface area (Å²) in [5.41, 5.74) is 5.82. The monoisotopic (exact) mass is 420 g/mol. The van der Waals surface area contributed by atoms with Crippen molar-refractivity contribution >= 4 is 12.0 Å². The number of carbonyl (C=O) groups is 2. The molecule has 0 spiro atoms. The number of amides is 2. The molecule has 0 saturated carbocycles. The third kappa shape index (κ3) is 5.30. The SMILES string of the molecule is CC(C)(C)OC(=O)N1[C@H](COCc2ccccc2)[C@H]2OC(C)(C)O[C@H]2[C@@H]1CC(N)=O. The molecule has 30 heavy (non-hydrogen) atoms. The molecule has 4 atom stereocenters. The third-order valence-corrected chi connectivity index (χ3v) is 5.05. The van der Waals surface area contributed by atoms with Gasteiger partial charge < -0.3 is 24.7 Å². The number of likely N-dealkylation sites (tertiary alicyclic amines) is 1. The van der Waals surface area contributed by atoms with Crippen LogP contribution in [0.15, 0.2) is 30.3 Å². The van der Waals surface area contributed by atoms with Crippen LogP contribution in [-0.2, 0) is 30.3 Å². The van der Waals surface area contributed by atoms with Crippen molar-refractivity contribution in [2.75, 3.05) is 6.61 Å². The van der Waals surface area contributed by atoms with Crippen LogP contribution in [0.1, 0.15) is 46.6 Å². The van der Waals surface area contributed by atoms with Gasteiger partial charge in [-0.3, -0.25) is 9.69 Å². The highest BCUT2D eigenvalue weighted by molar-refractivity contribution is 5.77. The number of nitrogens with zero attached hydrogens (tertiary/aromatic N) is 1. The van der Waals surface area contributed by atoms with Gasteiger partial charge in [0.2, 0.25) is 5.91 Å². The van der Waals surface area contributed by atoms with Crippen LogP contribution in [0.2, 0.25) is 0 Å². The molecule has 0 unspecified atom stereocenters. The topological polar surface area (TPSA) is 100 Å². The Balaban J connectivity index is 1.83. The molecule has 2 saturated heterocycles. The van der Waals surface area contributed by atoms with Gasteiger partial charge >= 0.3 is 6.09 Å². The highest BCUT2D eigenvalue weighted by Crippen LogP contribution is 2.42. The molecule has 0 bridgehead atoms. The third-order valence-electron chi connectivity index (χ3n) is 5.05. The lowest BCUT2D eigenvalue weighted by Crippen LogP contribution is -2.50. The molecule has 2 heterocycles. The van der Waals surface area contributed by atoms with Gasteiger partial charge in [0.15, 0.2) is 5.79 Å². The molecule has 8 nitrogen and oxygen atoms in total. The normalized spacial score (nSPS) is 27.7. The van der Waals surface area contributed by atoms with Crippen LogP contribution < -0.4 is 5.73 Å². The minimum Gasteiger partial charge on any atom is -0.444 e. The summed E-state index contributed by atoms with van der Waals surface area (Å²) in [5, 5.41) is 0. The summed E-state index contributed by atoms with van der Waals surface area (Å²) in [6, 6.07) is 8.70.